The maximum Gasteiger partial charge on any atom is 0.198 e. The Morgan fingerprint density at radius 2 is 1.00 bits per heavy atom. The van der Waals surface area contributed by atoms with Gasteiger partial charge in [-0.3, -0.25) is 0 Å². The largest absolute Gasteiger partial charge is 0.341 e. The van der Waals surface area contributed by atoms with E-state index in [0.717, 1.165) is 24.3 Å². The number of thiol groups is 1. The van der Waals surface area contributed by atoms with E-state index in [1.54, 1.807) is 0 Å². The molecule has 0 heterocycles. The summed E-state index contributed by atoms with van der Waals surface area (Å²) in [4.78, 5) is 19.8. The Balaban J connectivity index is 3.86. The van der Waals surface area contributed by atoms with Crippen LogP contribution in [0.5, 0.6) is 0 Å². The predicted molar refractivity (Wildman–Crippen MR) is 104 cm³/mol. The van der Waals surface area contributed by atoms with E-state index in [0.29, 0.717) is 0 Å². The van der Waals surface area contributed by atoms with E-state index < -0.39 is 5.69 Å². The zero-order chi connectivity index (χ0) is 16.0. The van der Waals surface area contributed by atoms with Crippen molar-refractivity contribution >= 4 is 28.0 Å². The third-order valence-corrected chi connectivity index (χ3v) is 11.3. The molecule has 0 aromatic carbocycles. The molecule has 130 valence electrons. The number of hydrogen-bond donors (Lipinski definition) is 3. The van der Waals surface area contributed by atoms with Gasteiger partial charge in [0.1, 0.15) is 0 Å². The fourth-order valence-corrected chi connectivity index (χ4v) is 7.93. The average Bonchev–Trinajstić information content (AvgIpc) is 2.42. The van der Waals surface area contributed by atoms with E-state index in [1.165, 1.54) is 64.2 Å². The smallest absolute Gasteiger partial charge is 0.198 e. The summed E-state index contributed by atoms with van der Waals surface area (Å²) >= 11 is 4.10. The van der Waals surface area contributed by atoms with Gasteiger partial charge in [-0.15, -0.1) is 10.1 Å². The van der Waals surface area contributed by atoms with Crippen molar-refractivity contribution in [3.8, 4) is 0 Å². The van der Waals surface area contributed by atoms with Crippen LogP contribution in [-0.2, 0) is 10.1 Å². The molecule has 0 atom stereocenters. The summed E-state index contributed by atoms with van der Waals surface area (Å²) in [6, 6.07) is 0. The molecule has 0 aliphatic rings. The summed E-state index contributed by atoms with van der Waals surface area (Å²) in [5, 5.41) is 0. The topological polar surface area (TPSA) is 40.5 Å². The minimum Gasteiger partial charge on any atom is -0.341 e. The monoisotopic (exact) mass is 356 g/mol. The molecule has 0 rings (SSSR count). The molecule has 21 heavy (non-hydrogen) atoms. The van der Waals surface area contributed by atoms with Crippen molar-refractivity contribution in [2.75, 3.05) is 11.5 Å². The van der Waals surface area contributed by atoms with Crippen LogP contribution in [0.1, 0.15) is 90.9 Å². The molecule has 0 aliphatic heterocycles. The standard InChI is InChI=1S/C16H37O2PS2/c1-3-5-7-9-11-13-15-21(19(17,18)20)16-14-12-10-8-6-4-2/h17-18,20H,3-16H2,1-2H3. The van der Waals surface area contributed by atoms with Gasteiger partial charge in [0, 0.05) is 0 Å². The summed E-state index contributed by atoms with van der Waals surface area (Å²) in [6.45, 7) is 4.46. The Morgan fingerprint density at radius 1 is 0.667 bits per heavy atom. The first-order valence-electron chi connectivity index (χ1n) is 8.77. The predicted octanol–water partition coefficient (Wildman–Crippen LogP) is 5.92. The van der Waals surface area contributed by atoms with Crippen LogP contribution < -0.4 is 0 Å². The third-order valence-electron chi connectivity index (χ3n) is 3.81. The molecule has 0 aromatic heterocycles. The van der Waals surface area contributed by atoms with Gasteiger partial charge in [0.05, 0.1) is 0 Å². The lowest BCUT2D eigenvalue weighted by Gasteiger charge is -2.16. The number of rotatable bonds is 14. The van der Waals surface area contributed by atoms with Crippen LogP contribution >= 0.6 is 17.9 Å². The highest BCUT2D eigenvalue weighted by Crippen LogP contribution is 2.47. The minimum atomic E-state index is -2.93. The van der Waals surface area contributed by atoms with Gasteiger partial charge in [0.15, 0.2) is 5.69 Å². The van der Waals surface area contributed by atoms with Gasteiger partial charge in [0.25, 0.3) is 0 Å². The van der Waals surface area contributed by atoms with Crippen LogP contribution in [0.4, 0.5) is 0 Å². The van der Waals surface area contributed by atoms with Gasteiger partial charge in [-0.2, -0.15) is 0 Å². The Kier molecular flexibility index (Phi) is 15.4. The van der Waals surface area contributed by atoms with Crippen molar-refractivity contribution in [2.45, 2.75) is 90.9 Å². The highest BCUT2D eigenvalue weighted by molar-refractivity contribution is 8.65. The van der Waals surface area contributed by atoms with Crippen molar-refractivity contribution < 1.29 is 9.79 Å². The van der Waals surface area contributed by atoms with Gasteiger partial charge in [-0.25, -0.2) is 0 Å². The molecule has 0 aliphatic carbocycles. The van der Waals surface area contributed by atoms with Crippen molar-refractivity contribution in [1.82, 2.24) is 0 Å². The van der Waals surface area contributed by atoms with Crippen LogP contribution in [0.2, 0.25) is 0 Å². The van der Waals surface area contributed by atoms with Crippen molar-refractivity contribution in [2.24, 2.45) is 0 Å². The van der Waals surface area contributed by atoms with Gasteiger partial charge in [-0.1, -0.05) is 90.3 Å². The van der Waals surface area contributed by atoms with Crippen LogP contribution in [-0.4, -0.2) is 21.3 Å². The second-order valence-corrected chi connectivity index (χ2v) is 14.2. The van der Waals surface area contributed by atoms with Crippen LogP contribution in [0, 0.1) is 0 Å². The van der Waals surface area contributed by atoms with Crippen molar-refractivity contribution in [1.29, 1.82) is 0 Å². The minimum absolute atomic E-state index is 0.270. The molecule has 0 saturated carbocycles. The van der Waals surface area contributed by atoms with Crippen molar-refractivity contribution in [3.05, 3.63) is 0 Å². The zero-order valence-electron chi connectivity index (χ0n) is 14.1. The van der Waals surface area contributed by atoms with E-state index in [1.807, 2.05) is 0 Å². The molecule has 0 aromatic rings. The van der Waals surface area contributed by atoms with Crippen molar-refractivity contribution in [3.63, 3.8) is 0 Å². The van der Waals surface area contributed by atoms with E-state index in [2.05, 4.69) is 26.1 Å². The molecule has 0 fully saturated rings. The molecule has 0 amide bonds. The highest BCUT2D eigenvalue weighted by Gasteiger charge is 2.10. The van der Waals surface area contributed by atoms with Gasteiger partial charge >= 0.3 is 0 Å². The highest BCUT2D eigenvalue weighted by atomic mass is 32.9. The van der Waals surface area contributed by atoms with E-state index in [9.17, 15) is 9.79 Å². The molecule has 2 N–H and O–H groups in total. The first-order chi connectivity index (χ1) is 10.0. The molecule has 0 radical (unpaired) electrons. The molecule has 2 nitrogen and oxygen atoms in total. The molecule has 0 saturated heterocycles. The number of unbranched alkanes of at least 4 members (excludes halogenated alkanes) is 10. The van der Waals surface area contributed by atoms with Gasteiger partial charge < -0.3 is 9.79 Å². The normalized spacial score (nSPS) is 12.3. The Bertz CT molecular complexity index is 264. The van der Waals surface area contributed by atoms with Gasteiger partial charge in [-0.05, 0) is 24.3 Å². The lowest BCUT2D eigenvalue weighted by atomic mass is 10.1. The molecular weight excluding hydrogens is 319 g/mol. The molecule has 0 bridgehead atoms. The van der Waals surface area contributed by atoms with Crippen LogP contribution in [0.25, 0.3) is 0 Å². The second kappa shape index (κ2) is 14.6. The van der Waals surface area contributed by atoms with E-state index >= 15 is 0 Å². The quantitative estimate of drug-likeness (QED) is 0.205. The summed E-state index contributed by atoms with van der Waals surface area (Å²) in [7, 11) is -0.270. The Labute approximate surface area is 140 Å². The van der Waals surface area contributed by atoms with E-state index in [4.69, 9.17) is 0 Å². The average molecular weight is 357 g/mol. The SMILES string of the molecule is CCCCCCCCS(CCCCCCCC)=P(O)(O)S. The second-order valence-electron chi connectivity index (χ2n) is 5.92. The van der Waals surface area contributed by atoms with Crippen LogP contribution in [0.3, 0.4) is 0 Å². The van der Waals surface area contributed by atoms with E-state index in [-0.39, 0.29) is 10.1 Å². The molecule has 5 heteroatoms. The lowest BCUT2D eigenvalue weighted by molar-refractivity contribution is 0.502. The Hall–Kier alpha value is 1.05. The fourth-order valence-electron chi connectivity index (χ4n) is 2.45. The summed E-state index contributed by atoms with van der Waals surface area (Å²) < 4.78 is 0. The summed E-state index contributed by atoms with van der Waals surface area (Å²) in [6.07, 6.45) is 15.2. The first-order valence-corrected chi connectivity index (χ1v) is 13.8. The zero-order valence-corrected chi connectivity index (χ0v) is 16.7. The van der Waals surface area contributed by atoms with Gasteiger partial charge in [0.2, 0.25) is 0 Å². The maximum absolute atomic E-state index is 9.90. The molecular formula is C16H37O2PS2. The number of hydrogen-bond acceptors (Lipinski definition) is 0. The third kappa shape index (κ3) is 14.4. The first kappa shape index (κ1) is 22.1. The van der Waals surface area contributed by atoms with Crippen LogP contribution in [0.15, 0.2) is 0 Å². The maximum atomic E-state index is 9.90. The summed E-state index contributed by atoms with van der Waals surface area (Å²) in [5.74, 6) is 1.93. The molecule has 0 unspecified atom stereocenters. The Morgan fingerprint density at radius 3 is 1.33 bits per heavy atom. The molecule has 0 spiro atoms. The lowest BCUT2D eigenvalue weighted by Crippen LogP contribution is -2.04. The summed E-state index contributed by atoms with van der Waals surface area (Å²) in [5.41, 5.74) is -2.93. The fraction of sp³-hybridized carbons (Fsp3) is 1.00.